The quantitative estimate of drug-likeness (QED) is 0.501. The lowest BCUT2D eigenvalue weighted by molar-refractivity contribution is -0.150. The van der Waals surface area contributed by atoms with Gasteiger partial charge in [-0.3, -0.25) is 9.48 Å². The summed E-state index contributed by atoms with van der Waals surface area (Å²) in [5.74, 6) is -0.794. The van der Waals surface area contributed by atoms with Crippen LogP contribution in [0.3, 0.4) is 0 Å². The molecule has 0 saturated heterocycles. The largest absolute Gasteiger partial charge is 0.449 e. The van der Waals surface area contributed by atoms with Crippen LogP contribution in [0.15, 0.2) is 30.3 Å². The number of aryl methyl sites for hydroxylation is 1. The number of esters is 1. The molecule has 1 aliphatic carbocycles. The summed E-state index contributed by atoms with van der Waals surface area (Å²) in [6.45, 7) is 5.98. The Morgan fingerprint density at radius 1 is 1.26 bits per heavy atom. The Hall–Kier alpha value is -2.60. The van der Waals surface area contributed by atoms with Crippen molar-refractivity contribution in [3.8, 4) is 0 Å². The van der Waals surface area contributed by atoms with Crippen LogP contribution in [0.2, 0.25) is 5.02 Å². The van der Waals surface area contributed by atoms with Gasteiger partial charge in [0, 0.05) is 28.4 Å². The molecule has 1 N–H and O–H groups in total. The van der Waals surface area contributed by atoms with Crippen LogP contribution in [0, 0.1) is 13.8 Å². The van der Waals surface area contributed by atoms with Crippen molar-refractivity contribution in [2.45, 2.75) is 71.6 Å². The van der Waals surface area contributed by atoms with Gasteiger partial charge in [0.25, 0.3) is 5.91 Å². The molecule has 1 heterocycles. The van der Waals surface area contributed by atoms with Crippen molar-refractivity contribution in [2.75, 3.05) is 0 Å². The fourth-order valence-electron chi connectivity index (χ4n) is 3.88. The normalized spacial score (nSPS) is 15.7. The molecular formula is C24H30ClN3O3. The second kappa shape index (κ2) is 10.6. The first-order chi connectivity index (χ1) is 14.8. The lowest BCUT2D eigenvalue weighted by atomic mass is 9.95. The summed E-state index contributed by atoms with van der Waals surface area (Å²) in [6.07, 6.45) is 7.66. The predicted octanol–water partition coefficient (Wildman–Crippen LogP) is 4.60. The maximum Gasteiger partial charge on any atom is 0.331 e. The van der Waals surface area contributed by atoms with Crippen LogP contribution >= 0.6 is 11.6 Å². The van der Waals surface area contributed by atoms with Gasteiger partial charge < -0.3 is 10.1 Å². The van der Waals surface area contributed by atoms with Crippen molar-refractivity contribution < 1.29 is 14.3 Å². The predicted molar refractivity (Wildman–Crippen MR) is 122 cm³/mol. The van der Waals surface area contributed by atoms with Crippen molar-refractivity contribution in [2.24, 2.45) is 0 Å². The fourth-order valence-corrected chi connectivity index (χ4v) is 4.07. The highest BCUT2D eigenvalue weighted by Crippen LogP contribution is 2.20. The molecule has 3 rings (SSSR count). The zero-order valence-electron chi connectivity index (χ0n) is 18.4. The van der Waals surface area contributed by atoms with E-state index in [1.165, 1.54) is 12.5 Å². The summed E-state index contributed by atoms with van der Waals surface area (Å²) in [4.78, 5) is 24.6. The van der Waals surface area contributed by atoms with E-state index < -0.39 is 12.1 Å². The fraction of sp³-hybridized carbons (Fsp3) is 0.458. The molecule has 2 aromatic rings. The smallest absolute Gasteiger partial charge is 0.331 e. The van der Waals surface area contributed by atoms with E-state index in [0.29, 0.717) is 11.6 Å². The highest BCUT2D eigenvalue weighted by molar-refractivity contribution is 6.31. The van der Waals surface area contributed by atoms with Crippen LogP contribution in [0.4, 0.5) is 0 Å². The molecular weight excluding hydrogens is 414 g/mol. The number of carbonyl (C=O) groups excluding carboxylic acids is 2. The molecule has 1 atom stereocenters. The average Bonchev–Trinajstić information content (AvgIpc) is 3.01. The van der Waals surface area contributed by atoms with Gasteiger partial charge in [-0.05, 0) is 51.3 Å². The van der Waals surface area contributed by atoms with E-state index >= 15 is 0 Å². The minimum atomic E-state index is -0.829. The second-order valence-corrected chi connectivity index (χ2v) is 8.50. The zero-order chi connectivity index (χ0) is 22.4. The first-order valence-electron chi connectivity index (χ1n) is 10.8. The lowest BCUT2D eigenvalue weighted by Gasteiger charge is -2.24. The Bertz CT molecular complexity index is 961. The van der Waals surface area contributed by atoms with Gasteiger partial charge in [-0.15, -0.1) is 0 Å². The number of hydrogen-bond acceptors (Lipinski definition) is 4. The van der Waals surface area contributed by atoms with Gasteiger partial charge in [-0.2, -0.15) is 5.10 Å². The van der Waals surface area contributed by atoms with Crippen LogP contribution in [0.5, 0.6) is 0 Å². The van der Waals surface area contributed by atoms with Crippen molar-refractivity contribution in [1.29, 1.82) is 0 Å². The molecule has 6 nitrogen and oxygen atoms in total. The Morgan fingerprint density at radius 3 is 2.68 bits per heavy atom. The van der Waals surface area contributed by atoms with Crippen molar-refractivity contribution in [1.82, 2.24) is 15.1 Å². The van der Waals surface area contributed by atoms with E-state index in [9.17, 15) is 9.59 Å². The van der Waals surface area contributed by atoms with E-state index in [1.807, 2.05) is 42.8 Å². The number of aromatic nitrogens is 2. The minimum Gasteiger partial charge on any atom is -0.449 e. The van der Waals surface area contributed by atoms with Crippen LogP contribution in [0.25, 0.3) is 6.08 Å². The molecule has 0 bridgehead atoms. The second-order valence-electron chi connectivity index (χ2n) is 8.09. The van der Waals surface area contributed by atoms with Gasteiger partial charge in [0.1, 0.15) is 0 Å². The molecule has 0 spiro atoms. The average molecular weight is 444 g/mol. The SMILES string of the molecule is Cc1nn(Cc2ccccc2Cl)c(C)c1/C=C/C(=O)OC(C)C(=O)NC1CCCCC1. The summed E-state index contributed by atoms with van der Waals surface area (Å²) in [5.41, 5.74) is 3.55. The minimum absolute atomic E-state index is 0.187. The molecule has 0 radical (unpaired) electrons. The number of amides is 1. The van der Waals surface area contributed by atoms with Gasteiger partial charge in [0.15, 0.2) is 6.10 Å². The van der Waals surface area contributed by atoms with Crippen LogP contribution in [-0.4, -0.2) is 33.8 Å². The number of rotatable bonds is 7. The van der Waals surface area contributed by atoms with Gasteiger partial charge >= 0.3 is 5.97 Å². The summed E-state index contributed by atoms with van der Waals surface area (Å²) in [5, 5.41) is 8.24. The Kier molecular flexibility index (Phi) is 7.91. The third-order valence-corrected chi connectivity index (χ3v) is 6.08. The monoisotopic (exact) mass is 443 g/mol. The molecule has 1 fully saturated rings. The molecule has 1 amide bonds. The topological polar surface area (TPSA) is 73.2 Å². The Balaban J connectivity index is 1.59. The van der Waals surface area contributed by atoms with E-state index in [-0.39, 0.29) is 11.9 Å². The van der Waals surface area contributed by atoms with E-state index in [1.54, 1.807) is 13.0 Å². The van der Waals surface area contributed by atoms with E-state index in [0.717, 1.165) is 48.2 Å². The Labute approximate surface area is 188 Å². The van der Waals surface area contributed by atoms with Crippen molar-refractivity contribution >= 4 is 29.6 Å². The van der Waals surface area contributed by atoms with Crippen LogP contribution < -0.4 is 5.32 Å². The van der Waals surface area contributed by atoms with E-state index in [2.05, 4.69) is 10.4 Å². The maximum atomic E-state index is 12.3. The zero-order valence-corrected chi connectivity index (χ0v) is 19.1. The van der Waals surface area contributed by atoms with E-state index in [4.69, 9.17) is 16.3 Å². The number of halogens is 1. The first kappa shape index (κ1) is 23.1. The lowest BCUT2D eigenvalue weighted by Crippen LogP contribution is -2.42. The third-order valence-electron chi connectivity index (χ3n) is 5.72. The third kappa shape index (κ3) is 6.20. The maximum absolute atomic E-state index is 12.3. The van der Waals surface area contributed by atoms with Gasteiger partial charge in [0.05, 0.1) is 12.2 Å². The number of nitrogens with zero attached hydrogens (tertiary/aromatic N) is 2. The molecule has 166 valence electrons. The number of ether oxygens (including phenoxy) is 1. The highest BCUT2D eigenvalue weighted by Gasteiger charge is 2.21. The number of hydrogen-bond donors (Lipinski definition) is 1. The molecule has 1 saturated carbocycles. The highest BCUT2D eigenvalue weighted by atomic mass is 35.5. The van der Waals surface area contributed by atoms with Gasteiger partial charge in [0.2, 0.25) is 0 Å². The Morgan fingerprint density at radius 2 is 1.97 bits per heavy atom. The van der Waals surface area contributed by atoms with Crippen LogP contribution in [-0.2, 0) is 20.9 Å². The summed E-state index contributed by atoms with van der Waals surface area (Å²) >= 11 is 6.26. The van der Waals surface area contributed by atoms with Gasteiger partial charge in [-0.25, -0.2) is 4.79 Å². The summed E-state index contributed by atoms with van der Waals surface area (Å²) in [7, 11) is 0. The van der Waals surface area contributed by atoms with Crippen molar-refractivity contribution in [3.63, 3.8) is 0 Å². The summed E-state index contributed by atoms with van der Waals surface area (Å²) < 4.78 is 7.15. The number of benzene rings is 1. The molecule has 1 aromatic heterocycles. The number of nitrogens with one attached hydrogen (secondary N) is 1. The standard InChI is InChI=1S/C24H30ClN3O3/c1-16-21(17(2)28(27-16)15-19-9-7-8-12-22(19)25)13-14-23(29)31-18(3)24(30)26-20-10-5-4-6-11-20/h7-9,12-14,18,20H,4-6,10-11,15H2,1-3H3,(H,26,30)/b14-13+. The van der Waals surface area contributed by atoms with Crippen molar-refractivity contribution in [3.05, 3.63) is 57.9 Å². The van der Waals surface area contributed by atoms with Gasteiger partial charge in [-0.1, -0.05) is 49.1 Å². The van der Waals surface area contributed by atoms with Crippen LogP contribution in [0.1, 0.15) is 61.5 Å². The molecule has 7 heteroatoms. The molecule has 0 aliphatic heterocycles. The molecule has 31 heavy (non-hydrogen) atoms. The number of carbonyl (C=O) groups is 2. The first-order valence-corrected chi connectivity index (χ1v) is 11.2. The molecule has 1 aromatic carbocycles. The molecule has 1 unspecified atom stereocenters. The summed E-state index contributed by atoms with van der Waals surface area (Å²) in [6, 6.07) is 7.83. The molecule has 1 aliphatic rings.